The molecule has 0 amide bonds. The Morgan fingerprint density at radius 3 is 2.55 bits per heavy atom. The first-order valence-corrected chi connectivity index (χ1v) is 9.04. The summed E-state index contributed by atoms with van der Waals surface area (Å²) in [6, 6.07) is 5.02. The summed E-state index contributed by atoms with van der Waals surface area (Å²) in [5.41, 5.74) is 8.10. The first-order valence-electron chi connectivity index (χ1n) is 5.89. The number of nitrogens with one attached hydrogen (secondary N) is 1. The summed E-state index contributed by atoms with van der Waals surface area (Å²) >= 11 is 4.84. The zero-order valence-corrected chi connectivity index (χ0v) is 14.3. The zero-order chi connectivity index (χ0) is 14.9. The average Bonchev–Trinajstić information content (AvgIpc) is 2.79. The number of hydrogen-bond acceptors (Lipinski definition) is 4. The maximum absolute atomic E-state index is 12.3. The first-order chi connectivity index (χ1) is 9.29. The molecule has 4 nitrogen and oxygen atoms in total. The van der Waals surface area contributed by atoms with Gasteiger partial charge >= 0.3 is 0 Å². The molecule has 0 aliphatic heterocycles. The standard InChI is InChI=1S/C13H15BrN2O2S2/c1-8-3-12(5-13(15)9(8)2)20(17,18)16-6-11-4-10(14)7-19-11/h3-5,7,16H,6,15H2,1-2H3. The second kappa shape index (κ2) is 5.85. The largest absolute Gasteiger partial charge is 0.398 e. The summed E-state index contributed by atoms with van der Waals surface area (Å²) in [7, 11) is -3.55. The number of thiophene rings is 1. The minimum absolute atomic E-state index is 0.203. The van der Waals surface area contributed by atoms with Crippen LogP contribution in [-0.4, -0.2) is 8.42 Å². The molecule has 0 bridgehead atoms. The number of anilines is 1. The Labute approximate surface area is 131 Å². The van der Waals surface area contributed by atoms with Gasteiger partial charge in [0.1, 0.15) is 0 Å². The molecule has 0 unspecified atom stereocenters. The molecule has 108 valence electrons. The monoisotopic (exact) mass is 374 g/mol. The molecule has 0 radical (unpaired) electrons. The number of sulfonamides is 1. The van der Waals surface area contributed by atoms with E-state index in [4.69, 9.17) is 5.73 Å². The van der Waals surface area contributed by atoms with Crippen molar-refractivity contribution < 1.29 is 8.42 Å². The molecule has 1 aromatic carbocycles. The predicted molar refractivity (Wildman–Crippen MR) is 86.4 cm³/mol. The lowest BCUT2D eigenvalue weighted by Crippen LogP contribution is -2.23. The molecule has 3 N–H and O–H groups in total. The Hall–Kier alpha value is -0.890. The Kier molecular flexibility index (Phi) is 4.53. The van der Waals surface area contributed by atoms with Crippen LogP contribution in [0.2, 0.25) is 0 Å². The van der Waals surface area contributed by atoms with Gasteiger partial charge in [-0.3, -0.25) is 0 Å². The van der Waals surface area contributed by atoms with E-state index in [9.17, 15) is 8.42 Å². The Morgan fingerprint density at radius 2 is 2.00 bits per heavy atom. The number of rotatable bonds is 4. The van der Waals surface area contributed by atoms with Crippen LogP contribution in [0.4, 0.5) is 5.69 Å². The van der Waals surface area contributed by atoms with E-state index in [1.165, 1.54) is 17.4 Å². The molecule has 1 heterocycles. The predicted octanol–water partition coefficient (Wildman–Crippen LogP) is 3.19. The molecule has 0 spiro atoms. The number of benzene rings is 1. The summed E-state index contributed by atoms with van der Waals surface area (Å²) in [4.78, 5) is 1.14. The molecule has 7 heteroatoms. The van der Waals surface area contributed by atoms with Crippen molar-refractivity contribution >= 4 is 43.0 Å². The van der Waals surface area contributed by atoms with Gasteiger partial charge in [0.05, 0.1) is 4.90 Å². The van der Waals surface area contributed by atoms with E-state index >= 15 is 0 Å². The van der Waals surface area contributed by atoms with Crippen LogP contribution in [0.1, 0.15) is 16.0 Å². The van der Waals surface area contributed by atoms with Crippen LogP contribution in [0, 0.1) is 13.8 Å². The van der Waals surface area contributed by atoms with Crippen LogP contribution in [0.5, 0.6) is 0 Å². The number of nitrogens with two attached hydrogens (primary N) is 1. The minimum atomic E-state index is -3.55. The molecule has 0 fully saturated rings. The SMILES string of the molecule is Cc1cc(S(=O)(=O)NCc2cc(Br)cs2)cc(N)c1C. The summed E-state index contributed by atoms with van der Waals surface area (Å²) in [6.07, 6.45) is 0. The highest BCUT2D eigenvalue weighted by Gasteiger charge is 2.16. The van der Waals surface area contributed by atoms with E-state index in [1.807, 2.05) is 25.3 Å². The van der Waals surface area contributed by atoms with E-state index in [0.717, 1.165) is 20.5 Å². The lowest BCUT2D eigenvalue weighted by atomic mass is 10.1. The highest BCUT2D eigenvalue weighted by Crippen LogP contribution is 2.23. The Morgan fingerprint density at radius 1 is 1.30 bits per heavy atom. The second-order valence-electron chi connectivity index (χ2n) is 4.51. The lowest BCUT2D eigenvalue weighted by molar-refractivity contribution is 0.581. The van der Waals surface area contributed by atoms with Gasteiger partial charge in [-0.05, 0) is 59.1 Å². The van der Waals surface area contributed by atoms with Gasteiger partial charge in [0.15, 0.2) is 0 Å². The molecular formula is C13H15BrN2O2S2. The van der Waals surface area contributed by atoms with E-state index in [1.54, 1.807) is 6.07 Å². The summed E-state index contributed by atoms with van der Waals surface area (Å²) < 4.78 is 28.0. The molecule has 20 heavy (non-hydrogen) atoms. The van der Waals surface area contributed by atoms with Crippen molar-refractivity contribution in [3.8, 4) is 0 Å². The fourth-order valence-electron chi connectivity index (χ4n) is 1.70. The summed E-state index contributed by atoms with van der Waals surface area (Å²) in [6.45, 7) is 3.99. The molecule has 2 aromatic rings. The third-order valence-electron chi connectivity index (χ3n) is 3.05. The topological polar surface area (TPSA) is 72.2 Å². The van der Waals surface area contributed by atoms with Crippen LogP contribution >= 0.6 is 27.3 Å². The lowest BCUT2D eigenvalue weighted by Gasteiger charge is -2.10. The van der Waals surface area contributed by atoms with Gasteiger partial charge in [-0.1, -0.05) is 0 Å². The van der Waals surface area contributed by atoms with Crippen LogP contribution in [0.3, 0.4) is 0 Å². The fraction of sp³-hybridized carbons (Fsp3) is 0.231. The van der Waals surface area contributed by atoms with Crippen molar-refractivity contribution in [1.82, 2.24) is 4.72 Å². The third kappa shape index (κ3) is 3.41. The molecule has 2 rings (SSSR count). The normalized spacial score (nSPS) is 11.8. The minimum Gasteiger partial charge on any atom is -0.398 e. The van der Waals surface area contributed by atoms with E-state index in [-0.39, 0.29) is 11.4 Å². The number of hydrogen-bond donors (Lipinski definition) is 2. The van der Waals surface area contributed by atoms with Gasteiger partial charge in [0, 0.05) is 27.0 Å². The maximum atomic E-state index is 12.3. The van der Waals surface area contributed by atoms with Gasteiger partial charge in [0.25, 0.3) is 0 Å². The van der Waals surface area contributed by atoms with Crippen LogP contribution in [0.15, 0.2) is 32.9 Å². The van der Waals surface area contributed by atoms with Crippen molar-refractivity contribution in [3.63, 3.8) is 0 Å². The van der Waals surface area contributed by atoms with Crippen LogP contribution in [-0.2, 0) is 16.6 Å². The quantitative estimate of drug-likeness (QED) is 0.807. The van der Waals surface area contributed by atoms with Gasteiger partial charge in [-0.25, -0.2) is 13.1 Å². The highest BCUT2D eigenvalue weighted by molar-refractivity contribution is 9.10. The molecule has 0 saturated heterocycles. The van der Waals surface area contributed by atoms with Crippen molar-refractivity contribution in [2.24, 2.45) is 0 Å². The van der Waals surface area contributed by atoms with Crippen molar-refractivity contribution in [1.29, 1.82) is 0 Å². The zero-order valence-electron chi connectivity index (χ0n) is 11.1. The summed E-state index contributed by atoms with van der Waals surface area (Å²) in [5.74, 6) is 0. The van der Waals surface area contributed by atoms with Gasteiger partial charge in [-0.2, -0.15) is 0 Å². The third-order valence-corrected chi connectivity index (χ3v) is 6.13. The first kappa shape index (κ1) is 15.5. The molecular weight excluding hydrogens is 360 g/mol. The molecule has 0 aliphatic carbocycles. The van der Waals surface area contributed by atoms with Gasteiger partial charge in [-0.15, -0.1) is 11.3 Å². The molecule has 1 aromatic heterocycles. The van der Waals surface area contributed by atoms with Gasteiger partial charge in [0.2, 0.25) is 10.0 Å². The smallest absolute Gasteiger partial charge is 0.240 e. The Bertz CT molecular complexity index is 716. The maximum Gasteiger partial charge on any atom is 0.240 e. The van der Waals surface area contributed by atoms with Crippen LogP contribution in [0.25, 0.3) is 0 Å². The average molecular weight is 375 g/mol. The van der Waals surface area contributed by atoms with Crippen LogP contribution < -0.4 is 10.5 Å². The van der Waals surface area contributed by atoms with E-state index < -0.39 is 10.0 Å². The van der Waals surface area contributed by atoms with Crippen molar-refractivity contribution in [2.45, 2.75) is 25.3 Å². The number of halogens is 1. The molecule has 0 aliphatic rings. The van der Waals surface area contributed by atoms with Crippen molar-refractivity contribution in [2.75, 3.05) is 5.73 Å². The summed E-state index contributed by atoms with van der Waals surface area (Å²) in [5, 5.41) is 1.91. The number of nitrogen functional groups attached to an aromatic ring is 1. The van der Waals surface area contributed by atoms with E-state index in [0.29, 0.717) is 5.69 Å². The second-order valence-corrected chi connectivity index (χ2v) is 8.19. The Balaban J connectivity index is 2.22. The van der Waals surface area contributed by atoms with Crippen molar-refractivity contribution in [3.05, 3.63) is 44.1 Å². The molecule has 0 atom stereocenters. The van der Waals surface area contributed by atoms with E-state index in [2.05, 4.69) is 20.7 Å². The van der Waals surface area contributed by atoms with Gasteiger partial charge < -0.3 is 5.73 Å². The number of aryl methyl sites for hydroxylation is 1. The molecule has 0 saturated carbocycles. The fourth-order valence-corrected chi connectivity index (χ4v) is 4.31. The highest BCUT2D eigenvalue weighted by atomic mass is 79.9.